The van der Waals surface area contributed by atoms with E-state index in [0.717, 1.165) is 32.4 Å². The van der Waals surface area contributed by atoms with Crippen LogP contribution >= 0.6 is 0 Å². The first kappa shape index (κ1) is 18.9. The fraction of sp³-hybridized carbons (Fsp3) is 0.455. The Morgan fingerprint density at radius 3 is 2.69 bits per heavy atom. The molecule has 3 rings (SSSR count). The van der Waals surface area contributed by atoms with Crippen molar-refractivity contribution in [3.8, 4) is 5.75 Å². The number of piperidine rings is 1. The van der Waals surface area contributed by atoms with Crippen molar-refractivity contribution in [2.75, 3.05) is 26.8 Å². The summed E-state index contributed by atoms with van der Waals surface area (Å²) in [7, 11) is 1.54. The van der Waals surface area contributed by atoms with Crippen LogP contribution in [0, 0.1) is 18.2 Å². The molecule has 1 aliphatic rings. The van der Waals surface area contributed by atoms with Crippen molar-refractivity contribution in [1.82, 2.24) is 4.90 Å². The maximum absolute atomic E-state index is 14.3. The molecular formula is C22H28FNO2. The Kier molecular flexibility index (Phi) is 5.94. The molecule has 1 fully saturated rings. The van der Waals surface area contributed by atoms with E-state index in [9.17, 15) is 9.50 Å². The highest BCUT2D eigenvalue weighted by Gasteiger charge is 2.35. The smallest absolute Gasteiger partial charge is 0.131 e. The molecule has 0 spiro atoms. The van der Waals surface area contributed by atoms with Gasteiger partial charge in [-0.3, -0.25) is 4.90 Å². The molecule has 4 heteroatoms. The van der Waals surface area contributed by atoms with Crippen LogP contribution in [-0.4, -0.2) is 36.8 Å². The zero-order chi connectivity index (χ0) is 18.6. The fourth-order valence-electron chi connectivity index (χ4n) is 4.01. The van der Waals surface area contributed by atoms with E-state index < -0.39 is 0 Å². The lowest BCUT2D eigenvalue weighted by molar-refractivity contribution is 0.0283. The molecule has 1 N–H and O–H groups in total. The van der Waals surface area contributed by atoms with Crippen molar-refractivity contribution in [2.24, 2.45) is 5.41 Å². The second-order valence-corrected chi connectivity index (χ2v) is 7.53. The molecule has 140 valence electrons. The quantitative estimate of drug-likeness (QED) is 0.849. The van der Waals surface area contributed by atoms with Crippen molar-refractivity contribution in [2.45, 2.75) is 32.7 Å². The van der Waals surface area contributed by atoms with Gasteiger partial charge in [-0.25, -0.2) is 4.39 Å². The summed E-state index contributed by atoms with van der Waals surface area (Å²) in [4.78, 5) is 2.27. The van der Waals surface area contributed by atoms with Gasteiger partial charge in [-0.15, -0.1) is 0 Å². The molecule has 0 amide bonds. The van der Waals surface area contributed by atoms with Crippen LogP contribution in [0.4, 0.5) is 4.39 Å². The van der Waals surface area contributed by atoms with Gasteiger partial charge < -0.3 is 9.84 Å². The summed E-state index contributed by atoms with van der Waals surface area (Å²) in [5.74, 6) is 0.303. The predicted molar refractivity (Wildman–Crippen MR) is 102 cm³/mol. The topological polar surface area (TPSA) is 32.7 Å². The minimum atomic E-state index is -0.233. The van der Waals surface area contributed by atoms with Crippen LogP contribution in [0.1, 0.15) is 29.5 Å². The number of aliphatic hydroxyl groups is 1. The Morgan fingerprint density at radius 1 is 1.19 bits per heavy atom. The molecule has 3 nitrogen and oxygen atoms in total. The zero-order valence-electron chi connectivity index (χ0n) is 15.7. The Hall–Kier alpha value is -1.91. The summed E-state index contributed by atoms with van der Waals surface area (Å²) in [5, 5.41) is 10.2. The number of rotatable bonds is 6. The van der Waals surface area contributed by atoms with Gasteiger partial charge in [0, 0.05) is 30.1 Å². The van der Waals surface area contributed by atoms with Crippen LogP contribution in [0.25, 0.3) is 0 Å². The highest BCUT2D eigenvalue weighted by atomic mass is 19.1. The number of aryl methyl sites for hydroxylation is 1. The van der Waals surface area contributed by atoms with Crippen LogP contribution in [0.3, 0.4) is 0 Å². The van der Waals surface area contributed by atoms with Gasteiger partial charge in [0.2, 0.25) is 0 Å². The van der Waals surface area contributed by atoms with Crippen LogP contribution in [0.15, 0.2) is 42.5 Å². The molecule has 2 aromatic carbocycles. The second kappa shape index (κ2) is 8.19. The molecule has 2 aromatic rings. The number of methoxy groups -OCH3 is 1. The minimum absolute atomic E-state index is 0.156. The molecule has 1 aliphatic heterocycles. The number of ether oxygens (including phenoxy) is 1. The van der Waals surface area contributed by atoms with Gasteiger partial charge >= 0.3 is 0 Å². The minimum Gasteiger partial charge on any atom is -0.497 e. The lowest BCUT2D eigenvalue weighted by Crippen LogP contribution is -2.46. The monoisotopic (exact) mass is 357 g/mol. The van der Waals surface area contributed by atoms with Crippen LogP contribution in [-0.2, 0) is 13.0 Å². The normalized spacial score (nSPS) is 20.9. The molecule has 0 aliphatic carbocycles. The van der Waals surface area contributed by atoms with Gasteiger partial charge in [0.05, 0.1) is 13.7 Å². The number of benzene rings is 2. The Morgan fingerprint density at radius 2 is 2.00 bits per heavy atom. The Balaban J connectivity index is 1.74. The van der Waals surface area contributed by atoms with E-state index in [-0.39, 0.29) is 17.8 Å². The van der Waals surface area contributed by atoms with Crippen LogP contribution in [0.2, 0.25) is 0 Å². The molecule has 0 aromatic heterocycles. The van der Waals surface area contributed by atoms with Crippen LogP contribution < -0.4 is 4.74 Å². The lowest BCUT2D eigenvalue weighted by Gasteiger charge is -2.42. The number of halogens is 1. The number of likely N-dealkylation sites (tertiary alicyclic amines) is 1. The van der Waals surface area contributed by atoms with Crippen molar-refractivity contribution in [1.29, 1.82) is 0 Å². The summed E-state index contributed by atoms with van der Waals surface area (Å²) in [6, 6.07) is 13.4. The highest BCUT2D eigenvalue weighted by Crippen LogP contribution is 2.35. The molecule has 1 atom stereocenters. The molecule has 0 radical (unpaired) electrons. The summed E-state index contributed by atoms with van der Waals surface area (Å²) >= 11 is 0. The zero-order valence-corrected chi connectivity index (χ0v) is 15.7. The van der Waals surface area contributed by atoms with Gasteiger partial charge in [-0.1, -0.05) is 30.3 Å². The predicted octanol–water partition coefficient (Wildman–Crippen LogP) is 3.96. The summed E-state index contributed by atoms with van der Waals surface area (Å²) in [6.07, 6.45) is 2.88. The molecular weight excluding hydrogens is 329 g/mol. The molecule has 0 bridgehead atoms. The van der Waals surface area contributed by atoms with Crippen molar-refractivity contribution in [3.63, 3.8) is 0 Å². The lowest BCUT2D eigenvalue weighted by atomic mass is 9.75. The third-order valence-electron chi connectivity index (χ3n) is 5.56. The van der Waals surface area contributed by atoms with Gasteiger partial charge in [0.15, 0.2) is 0 Å². The van der Waals surface area contributed by atoms with Crippen LogP contribution in [0.5, 0.6) is 5.75 Å². The maximum Gasteiger partial charge on any atom is 0.131 e. The second-order valence-electron chi connectivity index (χ2n) is 7.53. The van der Waals surface area contributed by atoms with E-state index in [1.54, 1.807) is 19.2 Å². The maximum atomic E-state index is 14.3. The summed E-state index contributed by atoms with van der Waals surface area (Å²) < 4.78 is 19.4. The number of hydrogen-bond acceptors (Lipinski definition) is 3. The highest BCUT2D eigenvalue weighted by molar-refractivity contribution is 5.29. The van der Waals surface area contributed by atoms with E-state index in [1.165, 1.54) is 17.2 Å². The first-order valence-electron chi connectivity index (χ1n) is 9.25. The van der Waals surface area contributed by atoms with Crippen molar-refractivity contribution in [3.05, 3.63) is 65.0 Å². The number of aliphatic hydroxyl groups excluding tert-OH is 1. The molecule has 1 saturated heterocycles. The van der Waals surface area contributed by atoms with Crippen molar-refractivity contribution < 1.29 is 14.2 Å². The first-order chi connectivity index (χ1) is 12.5. The van der Waals surface area contributed by atoms with E-state index in [0.29, 0.717) is 17.9 Å². The Bertz CT molecular complexity index is 749. The molecule has 0 unspecified atom stereocenters. The molecule has 0 saturated carbocycles. The van der Waals surface area contributed by atoms with Gasteiger partial charge in [-0.05, 0) is 49.9 Å². The third-order valence-corrected chi connectivity index (χ3v) is 5.56. The average molecular weight is 357 g/mol. The van der Waals surface area contributed by atoms with Gasteiger partial charge in [-0.2, -0.15) is 0 Å². The van der Waals surface area contributed by atoms with Gasteiger partial charge in [0.1, 0.15) is 11.6 Å². The standard InChI is InChI=1S/C22H28FNO2/c1-17-6-3-4-7-18(17)13-22(16-25)10-5-11-24(15-22)14-19-8-9-20(26-2)12-21(19)23/h3-4,6-9,12,25H,5,10-11,13-16H2,1-2H3/t22-/m0/s1. The van der Waals surface area contributed by atoms with E-state index in [2.05, 4.69) is 30.0 Å². The van der Waals surface area contributed by atoms with E-state index in [1.807, 2.05) is 6.07 Å². The fourth-order valence-corrected chi connectivity index (χ4v) is 4.01. The van der Waals surface area contributed by atoms with E-state index in [4.69, 9.17) is 4.74 Å². The Labute approximate surface area is 155 Å². The molecule has 1 heterocycles. The van der Waals surface area contributed by atoms with Crippen molar-refractivity contribution >= 4 is 0 Å². The average Bonchev–Trinajstić information content (AvgIpc) is 2.65. The first-order valence-corrected chi connectivity index (χ1v) is 9.25. The largest absolute Gasteiger partial charge is 0.497 e. The third kappa shape index (κ3) is 4.25. The summed E-state index contributed by atoms with van der Waals surface area (Å²) in [5.41, 5.74) is 3.07. The SMILES string of the molecule is COc1ccc(CN2CCC[C@](CO)(Cc3ccccc3C)C2)c(F)c1. The van der Waals surface area contributed by atoms with E-state index >= 15 is 0 Å². The molecule has 26 heavy (non-hydrogen) atoms. The van der Waals surface area contributed by atoms with Gasteiger partial charge in [0.25, 0.3) is 0 Å². The summed E-state index contributed by atoms with van der Waals surface area (Å²) in [6.45, 7) is 4.55. The number of nitrogens with zero attached hydrogens (tertiary/aromatic N) is 1. The number of hydrogen-bond donors (Lipinski definition) is 1.